The van der Waals surface area contributed by atoms with Crippen molar-refractivity contribution >= 4 is 5.95 Å². The average molecular weight is 112 g/mol. The predicted octanol–water partition coefficient (Wildman–Crippen LogP) is -0.00191. The smallest absolute Gasteiger partial charge is 0.220 e. The van der Waals surface area contributed by atoms with Crippen LogP contribution < -0.4 is 5.73 Å². The van der Waals surface area contributed by atoms with Crippen LogP contribution in [0.5, 0.6) is 0 Å². The summed E-state index contributed by atoms with van der Waals surface area (Å²) < 4.78 is 11.9. The maximum atomic E-state index is 11.9. The monoisotopic (exact) mass is 112 g/mol. The number of halogens is 1. The molecule has 4 heteroatoms. The summed E-state index contributed by atoms with van der Waals surface area (Å²) in [7, 11) is 0. The predicted molar refractivity (Wildman–Crippen MR) is 25.2 cm³/mol. The Bertz CT molecular complexity index is 150. The van der Waals surface area contributed by atoms with Crippen molar-refractivity contribution in [1.29, 1.82) is 0 Å². The van der Waals surface area contributed by atoms with Crippen molar-refractivity contribution in [2.45, 2.75) is 0 Å². The van der Waals surface area contributed by atoms with Gasteiger partial charge in [0.15, 0.2) is 5.82 Å². The van der Waals surface area contributed by atoms with Gasteiger partial charge in [-0.15, -0.1) is 0 Å². The molecular weight excluding hydrogens is 109 g/mol. The molecule has 0 aromatic carbocycles. The second-order valence-electron chi connectivity index (χ2n) is 1.19. The van der Waals surface area contributed by atoms with Crippen LogP contribution in [0.1, 0.15) is 0 Å². The molecule has 1 aromatic rings. The lowest BCUT2D eigenvalue weighted by atomic mass is 10.6. The van der Waals surface area contributed by atoms with Gasteiger partial charge in [0.25, 0.3) is 0 Å². The minimum Gasteiger partial charge on any atom is -0.368 e. The molecule has 1 rings (SSSR count). The number of nitrogens with zero attached hydrogens (tertiary/aromatic N) is 2. The molecule has 0 bridgehead atoms. The molecular formula is C4H3FN3. The number of nitrogens with two attached hydrogens (primary N) is 1. The Kier molecular flexibility index (Phi) is 1.07. The SMILES string of the molecule is Nc1n[c]c(F)cn1. The Morgan fingerprint density at radius 1 is 1.75 bits per heavy atom. The summed E-state index contributed by atoms with van der Waals surface area (Å²) in [6.07, 6.45) is 2.96. The highest BCUT2D eigenvalue weighted by Gasteiger charge is 1.88. The van der Waals surface area contributed by atoms with Crippen LogP contribution in [0.3, 0.4) is 0 Å². The fraction of sp³-hybridized carbons (Fsp3) is 0. The van der Waals surface area contributed by atoms with Crippen molar-refractivity contribution in [2.24, 2.45) is 0 Å². The first-order valence-electron chi connectivity index (χ1n) is 1.95. The zero-order chi connectivity index (χ0) is 5.98. The van der Waals surface area contributed by atoms with Gasteiger partial charge in [-0.25, -0.2) is 14.4 Å². The molecule has 0 atom stereocenters. The van der Waals surface area contributed by atoms with E-state index in [1.807, 2.05) is 6.20 Å². The summed E-state index contributed by atoms with van der Waals surface area (Å²) in [5, 5.41) is 0. The Labute approximate surface area is 45.4 Å². The standard InChI is InChI=1S/C4H3FN3/c5-3-1-7-4(6)8-2-3/h1H,(H2,6,7,8). The van der Waals surface area contributed by atoms with Gasteiger partial charge < -0.3 is 5.73 Å². The molecule has 0 aliphatic heterocycles. The van der Waals surface area contributed by atoms with E-state index >= 15 is 0 Å². The number of rotatable bonds is 0. The van der Waals surface area contributed by atoms with Crippen molar-refractivity contribution in [1.82, 2.24) is 9.97 Å². The van der Waals surface area contributed by atoms with Gasteiger partial charge in [-0.3, -0.25) is 0 Å². The van der Waals surface area contributed by atoms with E-state index in [1.54, 1.807) is 0 Å². The first-order chi connectivity index (χ1) is 3.79. The number of anilines is 1. The second-order valence-corrected chi connectivity index (χ2v) is 1.19. The molecule has 41 valence electrons. The third-order valence-electron chi connectivity index (χ3n) is 0.587. The molecule has 0 saturated heterocycles. The normalized spacial score (nSPS) is 9.12. The van der Waals surface area contributed by atoms with Crippen molar-refractivity contribution in [3.8, 4) is 0 Å². The Morgan fingerprint density at radius 2 is 2.50 bits per heavy atom. The van der Waals surface area contributed by atoms with Crippen molar-refractivity contribution in [2.75, 3.05) is 5.73 Å². The van der Waals surface area contributed by atoms with E-state index in [-0.39, 0.29) is 5.95 Å². The highest BCUT2D eigenvalue weighted by molar-refractivity contribution is 5.11. The van der Waals surface area contributed by atoms with E-state index in [9.17, 15) is 4.39 Å². The molecule has 1 radical (unpaired) electrons. The van der Waals surface area contributed by atoms with Gasteiger partial charge >= 0.3 is 0 Å². The highest BCUT2D eigenvalue weighted by Crippen LogP contribution is 1.90. The van der Waals surface area contributed by atoms with E-state index in [0.717, 1.165) is 6.20 Å². The fourth-order valence-corrected chi connectivity index (χ4v) is 0.291. The first-order valence-corrected chi connectivity index (χ1v) is 1.95. The van der Waals surface area contributed by atoms with Gasteiger partial charge in [-0.05, 0) is 0 Å². The number of aromatic nitrogens is 2. The van der Waals surface area contributed by atoms with Gasteiger partial charge in [0.1, 0.15) is 6.20 Å². The molecule has 0 aliphatic carbocycles. The molecule has 0 spiro atoms. The summed E-state index contributed by atoms with van der Waals surface area (Å²) in [5.41, 5.74) is 5.01. The second kappa shape index (κ2) is 1.73. The summed E-state index contributed by atoms with van der Waals surface area (Å²) in [4.78, 5) is 6.58. The van der Waals surface area contributed by atoms with Crippen LogP contribution >= 0.6 is 0 Å². The van der Waals surface area contributed by atoms with E-state index in [2.05, 4.69) is 9.97 Å². The Balaban J connectivity index is 3.03. The van der Waals surface area contributed by atoms with Gasteiger partial charge in [0.2, 0.25) is 5.95 Å². The Hall–Kier alpha value is -1.19. The molecule has 2 N–H and O–H groups in total. The quantitative estimate of drug-likeness (QED) is 0.513. The van der Waals surface area contributed by atoms with E-state index in [1.165, 1.54) is 0 Å². The molecule has 8 heavy (non-hydrogen) atoms. The number of nitrogen functional groups attached to an aromatic ring is 1. The number of hydrogen-bond donors (Lipinski definition) is 1. The van der Waals surface area contributed by atoms with Crippen LogP contribution in [-0.2, 0) is 0 Å². The van der Waals surface area contributed by atoms with Crippen LogP contribution in [0.2, 0.25) is 0 Å². The molecule has 0 unspecified atom stereocenters. The molecule has 0 amide bonds. The zero-order valence-corrected chi connectivity index (χ0v) is 3.93. The average Bonchev–Trinajstić information content (AvgIpc) is 1.77. The van der Waals surface area contributed by atoms with Crippen LogP contribution in [-0.4, -0.2) is 9.97 Å². The van der Waals surface area contributed by atoms with Crippen molar-refractivity contribution in [3.05, 3.63) is 18.2 Å². The van der Waals surface area contributed by atoms with E-state index in [4.69, 9.17) is 5.73 Å². The third-order valence-corrected chi connectivity index (χ3v) is 0.587. The lowest BCUT2D eigenvalue weighted by Crippen LogP contribution is -1.93. The summed E-state index contributed by atoms with van der Waals surface area (Å²) in [5.74, 6) is -0.564. The van der Waals surface area contributed by atoms with E-state index in [0.29, 0.717) is 0 Å². The maximum absolute atomic E-state index is 11.9. The summed E-state index contributed by atoms with van der Waals surface area (Å²) in [6.45, 7) is 0. The molecule has 1 aromatic heterocycles. The molecule has 3 nitrogen and oxygen atoms in total. The minimum atomic E-state index is -0.598. The van der Waals surface area contributed by atoms with Gasteiger partial charge in [0, 0.05) is 0 Å². The van der Waals surface area contributed by atoms with Gasteiger partial charge in [0.05, 0.1) is 6.20 Å². The molecule has 1 heterocycles. The van der Waals surface area contributed by atoms with Gasteiger partial charge in [-0.2, -0.15) is 0 Å². The minimum absolute atomic E-state index is 0.0337. The molecule has 0 saturated carbocycles. The van der Waals surface area contributed by atoms with Crippen LogP contribution in [0.15, 0.2) is 6.20 Å². The summed E-state index contributed by atoms with van der Waals surface area (Å²) in [6, 6.07) is 0. The third kappa shape index (κ3) is 0.900. The van der Waals surface area contributed by atoms with E-state index < -0.39 is 5.82 Å². The highest BCUT2D eigenvalue weighted by atomic mass is 19.1. The lowest BCUT2D eigenvalue weighted by molar-refractivity contribution is 0.611. The summed E-state index contributed by atoms with van der Waals surface area (Å²) >= 11 is 0. The van der Waals surface area contributed by atoms with Crippen LogP contribution in [0, 0.1) is 12.0 Å². The van der Waals surface area contributed by atoms with Crippen LogP contribution in [0.25, 0.3) is 0 Å². The molecule has 0 fully saturated rings. The largest absolute Gasteiger partial charge is 0.368 e. The van der Waals surface area contributed by atoms with Crippen molar-refractivity contribution in [3.63, 3.8) is 0 Å². The zero-order valence-electron chi connectivity index (χ0n) is 3.93. The Morgan fingerprint density at radius 3 is 2.88 bits per heavy atom. The first kappa shape index (κ1) is 4.96. The fourth-order valence-electron chi connectivity index (χ4n) is 0.291. The maximum Gasteiger partial charge on any atom is 0.220 e. The van der Waals surface area contributed by atoms with Crippen LogP contribution in [0.4, 0.5) is 10.3 Å². The molecule has 0 aliphatic rings. The number of hydrogen-bond acceptors (Lipinski definition) is 3. The topological polar surface area (TPSA) is 51.8 Å². The lowest BCUT2D eigenvalue weighted by Gasteiger charge is -1.84. The van der Waals surface area contributed by atoms with Crippen molar-refractivity contribution < 1.29 is 4.39 Å². The van der Waals surface area contributed by atoms with Gasteiger partial charge in [-0.1, -0.05) is 0 Å².